The van der Waals surface area contributed by atoms with Gasteiger partial charge in [-0.25, -0.2) is 19.2 Å². The van der Waals surface area contributed by atoms with E-state index in [0.717, 1.165) is 56.8 Å². The number of aliphatic carboxylic acids is 2. The Morgan fingerprint density at radius 3 is 1.47 bits per heavy atom. The first-order valence-corrected chi connectivity index (χ1v) is 15.2. The Morgan fingerprint density at radius 1 is 0.600 bits per heavy atom. The summed E-state index contributed by atoms with van der Waals surface area (Å²) in [5.41, 5.74) is -1.80. The smallest absolute Gasteiger partial charge is 0.545 e. The van der Waals surface area contributed by atoms with E-state index in [2.05, 4.69) is 4.74 Å². The van der Waals surface area contributed by atoms with E-state index in [0.29, 0.717) is 38.0 Å². The minimum absolute atomic E-state index is 0. The van der Waals surface area contributed by atoms with Crippen molar-refractivity contribution in [3.05, 3.63) is 36.0 Å². The quantitative estimate of drug-likeness (QED) is 0.0520. The molecule has 0 saturated heterocycles. The van der Waals surface area contributed by atoms with Crippen molar-refractivity contribution in [3.8, 4) is 0 Å². The van der Waals surface area contributed by atoms with Crippen LogP contribution in [-0.2, 0) is 47.7 Å². The molecule has 0 saturated carbocycles. The zero-order valence-corrected chi connectivity index (χ0v) is 30.0. The number of hydrogen-bond acceptors (Lipinski definition) is 12. The Hall–Kier alpha value is -3.16. The molecule has 12 nitrogen and oxygen atoms in total. The van der Waals surface area contributed by atoms with Gasteiger partial charge in [0, 0.05) is 21.1 Å². The van der Waals surface area contributed by atoms with Gasteiger partial charge in [-0.2, -0.15) is 0 Å². The molecular weight excluding hydrogens is 695 g/mol. The molecule has 13 heteroatoms. The van der Waals surface area contributed by atoms with Gasteiger partial charge in [0.15, 0.2) is 0 Å². The molecule has 0 aliphatic heterocycles. The molecule has 0 N–H and O–H groups in total. The van der Waals surface area contributed by atoms with Crippen LogP contribution in [0.3, 0.4) is 0 Å². The van der Waals surface area contributed by atoms with E-state index in [1.54, 1.807) is 6.92 Å². The van der Waals surface area contributed by atoms with Crippen LogP contribution in [0.2, 0.25) is 0 Å². The minimum atomic E-state index is -1.59. The van der Waals surface area contributed by atoms with Gasteiger partial charge in [0.25, 0.3) is 0 Å². The molecular formula is C32H52O12Sn. The second-order valence-electron chi connectivity index (χ2n) is 9.62. The normalized spacial score (nSPS) is 12.2. The van der Waals surface area contributed by atoms with Gasteiger partial charge in [-0.3, -0.25) is 0 Å². The predicted octanol–water partition coefficient (Wildman–Crippen LogP) is 2.92. The fourth-order valence-corrected chi connectivity index (χ4v) is 3.45. The number of carbonyl (C=O) groups excluding carboxylic acids is 6. The molecule has 0 spiro atoms. The second kappa shape index (κ2) is 29.5. The zero-order valence-electron chi connectivity index (χ0n) is 27.2. The van der Waals surface area contributed by atoms with Crippen LogP contribution in [0, 0.1) is 0 Å². The molecule has 0 amide bonds. The van der Waals surface area contributed by atoms with Crippen LogP contribution in [0.4, 0.5) is 0 Å². The molecule has 0 rings (SSSR count). The van der Waals surface area contributed by atoms with Crippen molar-refractivity contribution in [2.24, 2.45) is 0 Å². The topological polar surface area (TPSA) is 185 Å². The number of unbranched alkanes of at least 4 members (excludes halogenated alkanes) is 5. The molecule has 45 heavy (non-hydrogen) atoms. The Bertz CT molecular complexity index is 999. The summed E-state index contributed by atoms with van der Waals surface area (Å²) >= 11 is 0. The maximum atomic E-state index is 12.7. The molecule has 0 aromatic rings. The van der Waals surface area contributed by atoms with Crippen molar-refractivity contribution in [2.75, 3.05) is 19.8 Å². The van der Waals surface area contributed by atoms with Crippen LogP contribution < -0.4 is 10.2 Å². The van der Waals surface area contributed by atoms with E-state index in [4.69, 9.17) is 14.2 Å². The van der Waals surface area contributed by atoms with Crippen LogP contribution in [0.15, 0.2) is 36.0 Å². The molecule has 0 aromatic carbocycles. The van der Waals surface area contributed by atoms with Crippen LogP contribution in [-0.4, -0.2) is 85.1 Å². The third kappa shape index (κ3) is 24.8. The van der Waals surface area contributed by atoms with Gasteiger partial charge in [-0.05, 0) is 50.7 Å². The minimum Gasteiger partial charge on any atom is -0.545 e. The van der Waals surface area contributed by atoms with Crippen LogP contribution in [0.25, 0.3) is 0 Å². The zero-order chi connectivity index (χ0) is 33.8. The van der Waals surface area contributed by atoms with E-state index < -0.39 is 41.4 Å². The molecule has 0 bridgehead atoms. The van der Waals surface area contributed by atoms with Gasteiger partial charge in [0.1, 0.15) is 5.60 Å². The molecule has 0 aliphatic rings. The van der Waals surface area contributed by atoms with Crippen molar-refractivity contribution in [2.45, 2.75) is 111 Å². The van der Waals surface area contributed by atoms with Gasteiger partial charge >= 0.3 is 47.8 Å². The van der Waals surface area contributed by atoms with E-state index in [1.807, 2.05) is 27.7 Å². The number of carboxylic acids is 2. The first kappa shape index (κ1) is 46.3. The van der Waals surface area contributed by atoms with Crippen molar-refractivity contribution in [3.63, 3.8) is 0 Å². The van der Waals surface area contributed by atoms with E-state index in [1.165, 1.54) is 0 Å². The molecule has 1 atom stereocenters. The molecule has 256 valence electrons. The summed E-state index contributed by atoms with van der Waals surface area (Å²) in [6, 6.07) is 0. The van der Waals surface area contributed by atoms with Gasteiger partial charge in [0.05, 0.1) is 37.3 Å². The van der Waals surface area contributed by atoms with Crippen LogP contribution in [0.1, 0.15) is 108 Å². The number of carbonyl (C=O) groups is 6. The first-order chi connectivity index (χ1) is 20.9. The summed E-state index contributed by atoms with van der Waals surface area (Å²) in [4.78, 5) is 68.7. The molecule has 2 radical (unpaired) electrons. The summed E-state index contributed by atoms with van der Waals surface area (Å²) in [6.45, 7) is 10.2. The Kier molecular flexibility index (Phi) is 30.4. The van der Waals surface area contributed by atoms with Crippen molar-refractivity contribution < 1.29 is 60.8 Å². The van der Waals surface area contributed by atoms with Crippen molar-refractivity contribution in [1.82, 2.24) is 0 Å². The number of ether oxygens (including phenoxy) is 4. The Labute approximate surface area is 286 Å². The third-order valence-electron chi connectivity index (χ3n) is 5.95. The molecule has 0 aromatic heterocycles. The van der Waals surface area contributed by atoms with Gasteiger partial charge in [0.2, 0.25) is 0 Å². The molecule has 0 fully saturated rings. The maximum Gasteiger partial charge on any atom is 2.00 e. The first-order valence-electron chi connectivity index (χ1n) is 15.2. The third-order valence-corrected chi connectivity index (χ3v) is 5.95. The van der Waals surface area contributed by atoms with Gasteiger partial charge in [-0.1, -0.05) is 66.7 Å². The Morgan fingerprint density at radius 2 is 1.04 bits per heavy atom. The number of rotatable bonds is 22. The van der Waals surface area contributed by atoms with Crippen molar-refractivity contribution in [1.29, 1.82) is 0 Å². The average molecular weight is 747 g/mol. The van der Waals surface area contributed by atoms with Crippen molar-refractivity contribution >= 4 is 59.7 Å². The molecule has 1 unspecified atom stereocenters. The number of hydrogen-bond donors (Lipinski definition) is 0. The van der Waals surface area contributed by atoms with Gasteiger partial charge in [-0.15, -0.1) is 0 Å². The monoisotopic (exact) mass is 748 g/mol. The summed E-state index contributed by atoms with van der Waals surface area (Å²) < 4.78 is 20.4. The summed E-state index contributed by atoms with van der Waals surface area (Å²) in [5.74, 6) is -6.08. The van der Waals surface area contributed by atoms with E-state index in [-0.39, 0.29) is 58.4 Å². The fourth-order valence-electron chi connectivity index (χ4n) is 3.45. The summed E-state index contributed by atoms with van der Waals surface area (Å²) in [7, 11) is 0. The summed E-state index contributed by atoms with van der Waals surface area (Å²) in [5, 5.41) is 21.2. The van der Waals surface area contributed by atoms with E-state index in [9.17, 15) is 39.0 Å². The average Bonchev–Trinajstić information content (AvgIpc) is 2.98. The SMILES string of the molecule is CCCCCC(CC)(OC(=O)/C=C\C(=O)OCCCC)/C(=C/C(=O)[O-])C(=O)OCCCC.CCCCOC(=O)/C=C\C(=O)[O-].[HH].[HH].[Sn+2]. The predicted molar refractivity (Wildman–Crippen MR) is 167 cm³/mol. The van der Waals surface area contributed by atoms with Gasteiger partial charge < -0.3 is 38.7 Å². The second-order valence-corrected chi connectivity index (χ2v) is 9.62. The largest absolute Gasteiger partial charge is 2.00 e. The fraction of sp³-hybridized carbons (Fsp3) is 0.625. The maximum absolute atomic E-state index is 12.7. The Balaban J connectivity index is -0.000000333. The standard InChI is InChI=1S/C24H38O8.C8H12O4.Sn.2H2/c1-5-9-12-15-24(8-4,19(18-20(25)26)23(29)31-17-11-7-3)32-22(28)14-13-21(27)30-16-10-6-2;1-2-3-6-12-8(11)5-4-7(9)10;;;/h13-14,18H,5-12,15-17H2,1-4H3,(H,25,26);4-5H,2-3,6H2,1H3,(H,9,10);;2*1H/q;;+2;;/p-2/b14-13-,19-18+;5-4-;;;. The van der Waals surface area contributed by atoms with E-state index >= 15 is 0 Å². The number of carboxylic acid groups (broad SMARTS) is 2. The number of esters is 4. The van der Waals surface area contributed by atoms with Crippen LogP contribution >= 0.6 is 0 Å². The molecule has 0 aliphatic carbocycles. The molecule has 0 heterocycles. The van der Waals surface area contributed by atoms with Crippen LogP contribution in [0.5, 0.6) is 0 Å². The summed E-state index contributed by atoms with van der Waals surface area (Å²) in [6.07, 6.45) is 11.3.